The lowest BCUT2D eigenvalue weighted by atomic mass is 10.1. The third kappa shape index (κ3) is 6.06. The van der Waals surface area contributed by atoms with Gasteiger partial charge in [-0.2, -0.15) is 0 Å². The Balaban J connectivity index is 2.96. The predicted molar refractivity (Wildman–Crippen MR) is 78.4 cm³/mol. The number of halogens is 1. The van der Waals surface area contributed by atoms with Crippen LogP contribution in [-0.2, 0) is 14.6 Å². The maximum atomic E-state index is 11.6. The Hall–Kier alpha value is -1.55. The van der Waals surface area contributed by atoms with Crippen LogP contribution in [0.1, 0.15) is 12.0 Å². The van der Waals surface area contributed by atoms with Crippen LogP contribution in [0.2, 0.25) is 5.02 Å². The molecule has 0 spiro atoms. The topological polar surface area (TPSA) is 83.5 Å². The molecule has 1 aromatic carbocycles. The molecule has 0 radical (unpaired) electrons. The van der Waals surface area contributed by atoms with Gasteiger partial charge in [0, 0.05) is 23.3 Å². The fourth-order valence-electron chi connectivity index (χ4n) is 1.37. The van der Waals surface area contributed by atoms with Crippen molar-refractivity contribution in [1.29, 1.82) is 0 Å². The minimum Gasteiger partial charge on any atom is -0.395 e. The molecule has 0 saturated carbocycles. The standard InChI is InChI=1S/C13H14ClNO4S/c1-20(18,19)9-13(17)15-12-8-11(14)6-5-10(12)4-2-3-7-16/h5-6,8,16H,3,7,9H2,1H3,(H,15,17). The summed E-state index contributed by atoms with van der Waals surface area (Å²) >= 11 is 5.84. The Morgan fingerprint density at radius 2 is 2.15 bits per heavy atom. The molecule has 7 heteroatoms. The number of aliphatic hydroxyl groups excluding tert-OH is 1. The van der Waals surface area contributed by atoms with Gasteiger partial charge in [-0.15, -0.1) is 0 Å². The molecular weight excluding hydrogens is 302 g/mol. The summed E-state index contributed by atoms with van der Waals surface area (Å²) in [5, 5.41) is 11.5. The van der Waals surface area contributed by atoms with Crippen LogP contribution in [0.15, 0.2) is 18.2 Å². The SMILES string of the molecule is CS(=O)(=O)CC(=O)Nc1cc(Cl)ccc1C#CCCO. The van der Waals surface area contributed by atoms with Crippen molar-refractivity contribution in [2.45, 2.75) is 6.42 Å². The molecule has 5 nitrogen and oxygen atoms in total. The Labute approximate surface area is 122 Å². The molecule has 0 fully saturated rings. The van der Waals surface area contributed by atoms with E-state index in [1.807, 2.05) is 0 Å². The smallest absolute Gasteiger partial charge is 0.239 e. The van der Waals surface area contributed by atoms with Gasteiger partial charge in [0.25, 0.3) is 0 Å². The van der Waals surface area contributed by atoms with Gasteiger partial charge in [-0.3, -0.25) is 4.79 Å². The van der Waals surface area contributed by atoms with Crippen LogP contribution >= 0.6 is 11.6 Å². The van der Waals surface area contributed by atoms with Gasteiger partial charge in [0.05, 0.1) is 12.3 Å². The molecule has 0 aromatic heterocycles. The minimum atomic E-state index is -3.40. The summed E-state index contributed by atoms with van der Waals surface area (Å²) in [4.78, 5) is 11.6. The Kier molecular flexibility index (Phi) is 6.02. The molecule has 0 aliphatic heterocycles. The van der Waals surface area contributed by atoms with Gasteiger partial charge in [0.2, 0.25) is 5.91 Å². The number of hydrogen-bond acceptors (Lipinski definition) is 4. The van der Waals surface area contributed by atoms with Crippen molar-refractivity contribution in [2.75, 3.05) is 23.9 Å². The summed E-state index contributed by atoms with van der Waals surface area (Å²) in [5.74, 6) is 4.24. The highest BCUT2D eigenvalue weighted by atomic mass is 35.5. The molecule has 0 atom stereocenters. The number of anilines is 1. The molecule has 0 saturated heterocycles. The van der Waals surface area contributed by atoms with Crippen LogP contribution in [0.3, 0.4) is 0 Å². The summed E-state index contributed by atoms with van der Waals surface area (Å²) < 4.78 is 22.1. The van der Waals surface area contributed by atoms with E-state index in [1.54, 1.807) is 12.1 Å². The van der Waals surface area contributed by atoms with Gasteiger partial charge in [-0.05, 0) is 18.2 Å². The fourth-order valence-corrected chi connectivity index (χ4v) is 2.09. The highest BCUT2D eigenvalue weighted by Crippen LogP contribution is 2.20. The van der Waals surface area contributed by atoms with Crippen LogP contribution in [0.5, 0.6) is 0 Å². The monoisotopic (exact) mass is 315 g/mol. The van der Waals surface area contributed by atoms with Crippen molar-refractivity contribution in [3.63, 3.8) is 0 Å². The van der Waals surface area contributed by atoms with E-state index in [9.17, 15) is 13.2 Å². The molecule has 108 valence electrons. The van der Waals surface area contributed by atoms with E-state index in [0.29, 0.717) is 22.7 Å². The van der Waals surface area contributed by atoms with E-state index in [2.05, 4.69) is 17.2 Å². The largest absolute Gasteiger partial charge is 0.395 e. The first kappa shape index (κ1) is 16.5. The van der Waals surface area contributed by atoms with E-state index in [0.717, 1.165) is 6.26 Å². The Morgan fingerprint density at radius 1 is 1.45 bits per heavy atom. The number of nitrogens with one attached hydrogen (secondary N) is 1. The van der Waals surface area contributed by atoms with Crippen molar-refractivity contribution in [3.05, 3.63) is 28.8 Å². The van der Waals surface area contributed by atoms with Gasteiger partial charge >= 0.3 is 0 Å². The van der Waals surface area contributed by atoms with Crippen LogP contribution < -0.4 is 5.32 Å². The molecule has 0 heterocycles. The van der Waals surface area contributed by atoms with Crippen molar-refractivity contribution >= 4 is 33.0 Å². The van der Waals surface area contributed by atoms with E-state index in [1.165, 1.54) is 6.07 Å². The summed E-state index contributed by atoms with van der Waals surface area (Å²) in [6.45, 7) is -0.0592. The molecule has 1 aromatic rings. The van der Waals surface area contributed by atoms with Crippen molar-refractivity contribution < 1.29 is 18.3 Å². The summed E-state index contributed by atoms with van der Waals surface area (Å²) in [6.07, 6.45) is 1.28. The van der Waals surface area contributed by atoms with Crippen molar-refractivity contribution in [1.82, 2.24) is 0 Å². The third-order valence-corrected chi connectivity index (χ3v) is 3.13. The van der Waals surface area contributed by atoms with Crippen LogP contribution in [0, 0.1) is 11.8 Å². The number of amides is 1. The number of rotatable bonds is 4. The van der Waals surface area contributed by atoms with Crippen LogP contribution in [0.4, 0.5) is 5.69 Å². The molecule has 1 rings (SSSR count). The Bertz CT molecular complexity index is 659. The summed E-state index contributed by atoms with van der Waals surface area (Å²) in [6, 6.07) is 4.71. The molecule has 1 amide bonds. The van der Waals surface area contributed by atoms with Gasteiger partial charge in [0.15, 0.2) is 9.84 Å². The van der Waals surface area contributed by atoms with E-state index in [4.69, 9.17) is 16.7 Å². The zero-order valence-corrected chi connectivity index (χ0v) is 12.4. The van der Waals surface area contributed by atoms with E-state index < -0.39 is 21.5 Å². The minimum absolute atomic E-state index is 0.0592. The van der Waals surface area contributed by atoms with Gasteiger partial charge in [-0.25, -0.2) is 8.42 Å². The highest BCUT2D eigenvalue weighted by molar-refractivity contribution is 7.91. The first-order valence-corrected chi connectivity index (χ1v) is 8.12. The number of aliphatic hydroxyl groups is 1. The predicted octanol–water partition coefficient (Wildman–Crippen LogP) is 1.06. The maximum Gasteiger partial charge on any atom is 0.239 e. The van der Waals surface area contributed by atoms with Crippen molar-refractivity contribution in [2.24, 2.45) is 0 Å². The second-order valence-electron chi connectivity index (χ2n) is 4.08. The zero-order chi connectivity index (χ0) is 15.2. The Morgan fingerprint density at radius 3 is 2.75 bits per heavy atom. The van der Waals surface area contributed by atoms with Crippen LogP contribution in [0.25, 0.3) is 0 Å². The second-order valence-corrected chi connectivity index (χ2v) is 6.66. The molecule has 0 unspecified atom stereocenters. The van der Waals surface area contributed by atoms with Gasteiger partial charge in [0.1, 0.15) is 5.75 Å². The van der Waals surface area contributed by atoms with Gasteiger partial charge in [-0.1, -0.05) is 23.4 Å². The van der Waals surface area contributed by atoms with E-state index in [-0.39, 0.29) is 6.61 Å². The molecular formula is C13H14ClNO4S. The van der Waals surface area contributed by atoms with E-state index >= 15 is 0 Å². The average Bonchev–Trinajstić information content (AvgIpc) is 2.29. The zero-order valence-electron chi connectivity index (χ0n) is 10.8. The maximum absolute atomic E-state index is 11.6. The molecule has 20 heavy (non-hydrogen) atoms. The number of carbonyl (C=O) groups is 1. The summed E-state index contributed by atoms with van der Waals surface area (Å²) in [7, 11) is -3.40. The molecule has 2 N–H and O–H groups in total. The summed E-state index contributed by atoms with van der Waals surface area (Å²) in [5.41, 5.74) is 0.848. The molecule has 0 aliphatic carbocycles. The lowest BCUT2D eigenvalue weighted by Gasteiger charge is -2.07. The fraction of sp³-hybridized carbons (Fsp3) is 0.308. The number of sulfone groups is 1. The molecule has 0 bridgehead atoms. The first-order valence-electron chi connectivity index (χ1n) is 5.68. The van der Waals surface area contributed by atoms with Crippen molar-refractivity contribution in [3.8, 4) is 11.8 Å². The lowest BCUT2D eigenvalue weighted by Crippen LogP contribution is -2.22. The number of hydrogen-bond donors (Lipinski definition) is 2. The lowest BCUT2D eigenvalue weighted by molar-refractivity contribution is -0.113. The van der Waals surface area contributed by atoms with Gasteiger partial charge < -0.3 is 10.4 Å². The third-order valence-electron chi connectivity index (χ3n) is 2.11. The number of carbonyl (C=O) groups excluding carboxylic acids is 1. The average molecular weight is 316 g/mol. The first-order chi connectivity index (χ1) is 9.31. The normalized spacial score (nSPS) is 10.6. The highest BCUT2D eigenvalue weighted by Gasteiger charge is 2.12. The van der Waals surface area contributed by atoms with Crippen LogP contribution in [-0.4, -0.2) is 38.0 Å². The number of benzene rings is 1. The molecule has 0 aliphatic rings. The quantitative estimate of drug-likeness (QED) is 0.814. The second kappa shape index (κ2) is 7.29.